The third-order valence-corrected chi connectivity index (χ3v) is 4.71. The van der Waals surface area contributed by atoms with Crippen LogP contribution in [-0.2, 0) is 4.74 Å². The highest BCUT2D eigenvalue weighted by Gasteiger charge is 2.26. The lowest BCUT2D eigenvalue weighted by Crippen LogP contribution is -2.39. The topological polar surface area (TPSA) is 53.9 Å². The van der Waals surface area contributed by atoms with Gasteiger partial charge in [0.05, 0.1) is 5.71 Å². The average molecular weight is 394 g/mol. The number of carbonyl (C=O) groups is 1. The summed E-state index contributed by atoms with van der Waals surface area (Å²) in [5, 5.41) is 10.2. The lowest BCUT2D eigenvalue weighted by molar-refractivity contribution is 0.0517. The van der Waals surface area contributed by atoms with Crippen molar-refractivity contribution in [2.45, 2.75) is 52.2 Å². The molecule has 5 nitrogen and oxygen atoms in total. The van der Waals surface area contributed by atoms with Crippen LogP contribution in [0.4, 0.5) is 4.79 Å². The molecule has 1 heterocycles. The molecule has 5 heteroatoms. The second-order valence-electron chi connectivity index (χ2n) is 8.51. The molecule has 0 spiro atoms. The Morgan fingerprint density at radius 3 is 2.38 bits per heavy atom. The minimum Gasteiger partial charge on any atom is -0.444 e. The van der Waals surface area contributed by atoms with Gasteiger partial charge in [0.25, 0.3) is 0 Å². The van der Waals surface area contributed by atoms with E-state index >= 15 is 0 Å². The maximum Gasteiger partial charge on any atom is 0.408 e. The van der Waals surface area contributed by atoms with Gasteiger partial charge in [0.1, 0.15) is 11.6 Å². The lowest BCUT2D eigenvalue weighted by Gasteiger charge is -2.26. The molecule has 1 amide bonds. The van der Waals surface area contributed by atoms with E-state index in [9.17, 15) is 4.79 Å². The third-order valence-electron chi connectivity index (χ3n) is 4.71. The van der Waals surface area contributed by atoms with Gasteiger partial charge in [-0.15, -0.1) is 0 Å². The molecule has 2 aromatic carbocycles. The van der Waals surface area contributed by atoms with Crippen LogP contribution in [0.3, 0.4) is 0 Å². The second-order valence-corrected chi connectivity index (χ2v) is 8.51. The highest BCUT2D eigenvalue weighted by atomic mass is 16.6. The van der Waals surface area contributed by atoms with E-state index in [-0.39, 0.29) is 0 Å². The number of hydrazone groups is 1. The summed E-state index contributed by atoms with van der Waals surface area (Å²) in [5.74, 6) is 0. The Hall–Kier alpha value is -2.82. The van der Waals surface area contributed by atoms with Gasteiger partial charge in [-0.2, -0.15) is 5.10 Å². The highest BCUT2D eigenvalue weighted by Crippen LogP contribution is 2.23. The monoisotopic (exact) mass is 393 g/mol. The molecule has 0 bridgehead atoms. The minimum absolute atomic E-state index is 0.409. The summed E-state index contributed by atoms with van der Waals surface area (Å²) in [7, 11) is 0. The smallest absolute Gasteiger partial charge is 0.408 e. The van der Waals surface area contributed by atoms with Crippen molar-refractivity contribution in [2.75, 3.05) is 13.1 Å². The van der Waals surface area contributed by atoms with E-state index in [2.05, 4.69) is 35.4 Å². The van der Waals surface area contributed by atoms with E-state index in [0.29, 0.717) is 0 Å². The fraction of sp³-hybridized carbons (Fsp3) is 0.417. The van der Waals surface area contributed by atoms with Crippen molar-refractivity contribution in [3.63, 3.8) is 0 Å². The zero-order chi connectivity index (χ0) is 20.9. The van der Waals surface area contributed by atoms with Gasteiger partial charge in [0, 0.05) is 18.7 Å². The van der Waals surface area contributed by atoms with Crippen molar-refractivity contribution in [3.8, 4) is 0 Å². The molecule has 1 saturated heterocycles. The fourth-order valence-corrected chi connectivity index (χ4v) is 3.42. The number of hydrogen-bond acceptors (Lipinski definition) is 4. The Morgan fingerprint density at radius 1 is 1.07 bits per heavy atom. The van der Waals surface area contributed by atoms with Crippen molar-refractivity contribution in [1.29, 1.82) is 0 Å². The first kappa shape index (κ1) is 20.9. The maximum atomic E-state index is 12.7. The average Bonchev–Trinajstić information content (AvgIpc) is 3.17. The molecule has 0 radical (unpaired) electrons. The summed E-state index contributed by atoms with van der Waals surface area (Å²) < 4.78 is 5.55. The van der Waals surface area contributed by atoms with E-state index < -0.39 is 17.7 Å². The summed E-state index contributed by atoms with van der Waals surface area (Å²) >= 11 is 0. The van der Waals surface area contributed by atoms with Gasteiger partial charge in [-0.25, -0.2) is 4.79 Å². The van der Waals surface area contributed by atoms with Crippen LogP contribution >= 0.6 is 0 Å². The van der Waals surface area contributed by atoms with Crippen LogP contribution in [0.1, 0.15) is 56.3 Å². The lowest BCUT2D eigenvalue weighted by atomic mass is 9.95. The Bertz CT molecular complexity index is 850. The van der Waals surface area contributed by atoms with Crippen molar-refractivity contribution >= 4 is 11.8 Å². The molecule has 3 rings (SSSR count). The summed E-state index contributed by atoms with van der Waals surface area (Å²) in [6, 6.07) is 17.8. The van der Waals surface area contributed by atoms with Gasteiger partial charge in [-0.3, -0.25) is 5.01 Å². The second kappa shape index (κ2) is 9.12. The Labute approximate surface area is 173 Å². The van der Waals surface area contributed by atoms with Crippen molar-refractivity contribution < 1.29 is 9.53 Å². The highest BCUT2D eigenvalue weighted by molar-refractivity contribution is 6.06. The molecule has 2 aromatic rings. The first-order valence-electron chi connectivity index (χ1n) is 10.3. The van der Waals surface area contributed by atoms with E-state index in [1.807, 2.05) is 57.2 Å². The molecular weight excluding hydrogens is 362 g/mol. The molecule has 1 atom stereocenters. The minimum atomic E-state index is -0.569. The van der Waals surface area contributed by atoms with E-state index in [0.717, 1.165) is 48.3 Å². The van der Waals surface area contributed by atoms with E-state index in [4.69, 9.17) is 9.84 Å². The van der Waals surface area contributed by atoms with Gasteiger partial charge >= 0.3 is 6.09 Å². The summed E-state index contributed by atoms with van der Waals surface area (Å²) in [6.07, 6.45) is 1.83. The standard InChI is InChI=1S/C24H31N3O2/c1-18-11-10-14-20(17-18)22(26-27-15-8-9-16-27)21(19-12-6-5-7-13-19)25-23(28)29-24(2,3)4/h5-7,10-14,17,21H,8-9,15-16H2,1-4H3,(H,25,28)/b26-22+/t21-/m1/s1. The van der Waals surface area contributed by atoms with Gasteiger partial charge in [-0.05, 0) is 46.1 Å². The van der Waals surface area contributed by atoms with Crippen LogP contribution in [-0.4, -0.2) is 35.5 Å². The van der Waals surface area contributed by atoms with Crippen LogP contribution in [0.5, 0.6) is 0 Å². The van der Waals surface area contributed by atoms with Crippen molar-refractivity contribution in [1.82, 2.24) is 10.3 Å². The molecule has 29 heavy (non-hydrogen) atoms. The quantitative estimate of drug-likeness (QED) is 0.722. The molecule has 0 aliphatic carbocycles. The number of carbonyl (C=O) groups excluding carboxylic acids is 1. The summed E-state index contributed by atoms with van der Waals surface area (Å²) in [6.45, 7) is 9.53. The number of benzene rings is 2. The van der Waals surface area contributed by atoms with Crippen LogP contribution < -0.4 is 5.32 Å². The number of nitrogens with one attached hydrogen (secondary N) is 1. The van der Waals surface area contributed by atoms with Crippen molar-refractivity contribution in [2.24, 2.45) is 5.10 Å². The van der Waals surface area contributed by atoms with Crippen LogP contribution in [0.15, 0.2) is 59.7 Å². The normalized spacial score (nSPS) is 15.9. The molecule has 1 aliphatic rings. The zero-order valence-corrected chi connectivity index (χ0v) is 17.8. The molecule has 0 saturated carbocycles. The largest absolute Gasteiger partial charge is 0.444 e. The van der Waals surface area contributed by atoms with Gasteiger partial charge < -0.3 is 10.1 Å². The fourth-order valence-electron chi connectivity index (χ4n) is 3.42. The Morgan fingerprint density at radius 2 is 1.76 bits per heavy atom. The Balaban J connectivity index is 2.03. The molecule has 154 valence electrons. The number of aryl methyl sites for hydroxylation is 1. The molecule has 0 unspecified atom stereocenters. The number of nitrogens with zero attached hydrogens (tertiary/aromatic N) is 2. The number of hydrogen-bond donors (Lipinski definition) is 1. The maximum absolute atomic E-state index is 12.7. The van der Waals surface area contributed by atoms with Gasteiger partial charge in [-0.1, -0.05) is 60.2 Å². The molecule has 1 N–H and O–H groups in total. The van der Waals surface area contributed by atoms with Gasteiger partial charge in [0.2, 0.25) is 0 Å². The molecule has 1 fully saturated rings. The SMILES string of the molecule is Cc1cccc(/C(=N\N2CCCC2)[C@H](NC(=O)OC(C)(C)C)c2ccccc2)c1. The van der Waals surface area contributed by atoms with Crippen LogP contribution in [0.25, 0.3) is 0 Å². The first-order chi connectivity index (χ1) is 13.8. The Kier molecular flexibility index (Phi) is 6.57. The molecule has 1 aliphatic heterocycles. The van der Waals surface area contributed by atoms with Crippen LogP contribution in [0.2, 0.25) is 0 Å². The van der Waals surface area contributed by atoms with Gasteiger partial charge in [0.15, 0.2) is 0 Å². The summed E-state index contributed by atoms with van der Waals surface area (Å²) in [4.78, 5) is 12.7. The molecular formula is C24H31N3O2. The predicted octanol–water partition coefficient (Wildman–Crippen LogP) is 5.06. The first-order valence-corrected chi connectivity index (χ1v) is 10.3. The van der Waals surface area contributed by atoms with E-state index in [1.54, 1.807) is 0 Å². The number of amides is 1. The zero-order valence-electron chi connectivity index (χ0n) is 17.8. The summed E-state index contributed by atoms with van der Waals surface area (Å²) in [5.41, 5.74) is 3.38. The third kappa shape index (κ3) is 6.08. The number of rotatable bonds is 5. The van der Waals surface area contributed by atoms with Crippen LogP contribution in [0, 0.1) is 6.92 Å². The molecule has 0 aromatic heterocycles. The predicted molar refractivity (Wildman–Crippen MR) is 117 cm³/mol. The number of ether oxygens (including phenoxy) is 1. The number of alkyl carbamates (subject to hydrolysis) is 1. The van der Waals surface area contributed by atoms with E-state index in [1.165, 1.54) is 0 Å². The van der Waals surface area contributed by atoms with Crippen molar-refractivity contribution in [3.05, 3.63) is 71.3 Å².